The number of nitrogens with one attached hydrogen (secondary N) is 3. The Morgan fingerprint density at radius 3 is 2.62 bits per heavy atom. The minimum atomic E-state index is -0.346. The summed E-state index contributed by atoms with van der Waals surface area (Å²) in [6.07, 6.45) is 1.83. The van der Waals surface area contributed by atoms with Gasteiger partial charge in [0.1, 0.15) is 0 Å². The molecule has 1 heterocycles. The molecule has 1 aliphatic heterocycles. The summed E-state index contributed by atoms with van der Waals surface area (Å²) >= 11 is 0. The molecule has 1 aliphatic rings. The number of hydrogen-bond acceptors (Lipinski definition) is 4. The molecule has 5 N–H and O–H groups in total. The molecule has 142 valence electrons. The molecule has 2 rings (SSSR count). The molecule has 0 aliphatic carbocycles. The first kappa shape index (κ1) is 19.7. The van der Waals surface area contributed by atoms with Crippen molar-refractivity contribution in [3.8, 4) is 0 Å². The number of nitrogens with two attached hydrogens (primary N) is 1. The minimum Gasteiger partial charge on any atom is -0.346 e. The second-order valence-electron chi connectivity index (χ2n) is 6.53. The third kappa shape index (κ3) is 6.36. The highest BCUT2D eigenvalue weighted by atomic mass is 16.2. The van der Waals surface area contributed by atoms with Crippen LogP contribution in [-0.4, -0.2) is 55.5 Å². The summed E-state index contributed by atoms with van der Waals surface area (Å²) in [7, 11) is 0. The van der Waals surface area contributed by atoms with E-state index in [1.165, 1.54) is 0 Å². The number of hydrogen-bond donors (Lipinski definition) is 4. The zero-order valence-corrected chi connectivity index (χ0v) is 15.1. The number of urea groups is 1. The third-order valence-corrected chi connectivity index (χ3v) is 4.35. The normalized spacial score (nSPS) is 16.7. The number of aryl methyl sites for hydroxylation is 1. The number of carbonyl (C=O) groups is 3. The van der Waals surface area contributed by atoms with Crippen molar-refractivity contribution in [2.24, 2.45) is 11.7 Å². The van der Waals surface area contributed by atoms with Crippen molar-refractivity contribution in [2.45, 2.75) is 19.8 Å². The molecule has 1 aromatic carbocycles. The van der Waals surface area contributed by atoms with Crippen LogP contribution in [0.25, 0.3) is 0 Å². The number of nitrogens with zero attached hydrogens (tertiary/aromatic N) is 1. The monoisotopic (exact) mass is 361 g/mol. The van der Waals surface area contributed by atoms with Gasteiger partial charge in [-0.05, 0) is 37.8 Å². The molecule has 1 unspecified atom stereocenters. The van der Waals surface area contributed by atoms with Crippen LogP contribution in [0.5, 0.6) is 0 Å². The lowest BCUT2D eigenvalue weighted by Crippen LogP contribution is -2.48. The summed E-state index contributed by atoms with van der Waals surface area (Å²) < 4.78 is 0. The maximum Gasteiger partial charge on any atom is 0.319 e. The van der Waals surface area contributed by atoms with E-state index in [2.05, 4.69) is 16.0 Å². The van der Waals surface area contributed by atoms with Gasteiger partial charge in [0, 0.05) is 25.3 Å². The van der Waals surface area contributed by atoms with Crippen LogP contribution in [0.3, 0.4) is 0 Å². The van der Waals surface area contributed by atoms with Crippen LogP contribution in [0, 0.1) is 12.8 Å². The minimum absolute atomic E-state index is 0.0376. The van der Waals surface area contributed by atoms with Gasteiger partial charge in [-0.25, -0.2) is 4.79 Å². The van der Waals surface area contributed by atoms with Gasteiger partial charge in [0.15, 0.2) is 0 Å². The zero-order chi connectivity index (χ0) is 18.9. The Morgan fingerprint density at radius 1 is 1.19 bits per heavy atom. The van der Waals surface area contributed by atoms with Gasteiger partial charge in [0.25, 0.3) is 0 Å². The van der Waals surface area contributed by atoms with Gasteiger partial charge < -0.3 is 26.6 Å². The van der Waals surface area contributed by atoms with E-state index in [0.717, 1.165) is 24.1 Å². The van der Waals surface area contributed by atoms with E-state index in [9.17, 15) is 14.4 Å². The SMILES string of the molecule is Cc1ccc(NC(=O)NCC2CCCN(C(=O)CNC(=O)CN)C2)cc1. The van der Waals surface area contributed by atoms with Gasteiger partial charge in [-0.3, -0.25) is 9.59 Å². The first-order chi connectivity index (χ1) is 12.5. The maximum atomic E-state index is 12.1. The van der Waals surface area contributed by atoms with Crippen molar-refractivity contribution >= 4 is 23.5 Å². The summed E-state index contributed by atoms with van der Waals surface area (Å²) in [5, 5.41) is 8.14. The van der Waals surface area contributed by atoms with Crippen molar-refractivity contribution in [1.29, 1.82) is 0 Å². The summed E-state index contributed by atoms with van der Waals surface area (Å²) in [6, 6.07) is 7.32. The molecule has 0 spiro atoms. The van der Waals surface area contributed by atoms with Crippen LogP contribution in [-0.2, 0) is 9.59 Å². The summed E-state index contributed by atoms with van der Waals surface area (Å²) in [6.45, 7) is 3.56. The lowest BCUT2D eigenvalue weighted by molar-refractivity contribution is -0.134. The molecular weight excluding hydrogens is 334 g/mol. The Balaban J connectivity index is 1.73. The largest absolute Gasteiger partial charge is 0.346 e. The first-order valence-corrected chi connectivity index (χ1v) is 8.84. The lowest BCUT2D eigenvalue weighted by Gasteiger charge is -2.33. The molecule has 0 bridgehead atoms. The molecule has 8 nitrogen and oxygen atoms in total. The van der Waals surface area contributed by atoms with Crippen molar-refractivity contribution in [2.75, 3.05) is 38.0 Å². The first-order valence-electron chi connectivity index (χ1n) is 8.84. The Kier molecular flexibility index (Phi) is 7.40. The fraction of sp³-hybridized carbons (Fsp3) is 0.500. The molecule has 0 radical (unpaired) electrons. The van der Waals surface area contributed by atoms with Crippen molar-refractivity contribution in [3.63, 3.8) is 0 Å². The topological polar surface area (TPSA) is 117 Å². The standard InChI is InChI=1S/C18H27N5O3/c1-13-4-6-15(7-5-13)22-18(26)21-10-14-3-2-8-23(12-14)17(25)11-20-16(24)9-19/h4-7,14H,2-3,8-12,19H2,1H3,(H,20,24)(H2,21,22,26). The van der Waals surface area contributed by atoms with Crippen LogP contribution in [0.2, 0.25) is 0 Å². The van der Waals surface area contributed by atoms with E-state index < -0.39 is 0 Å². The van der Waals surface area contributed by atoms with E-state index in [1.807, 2.05) is 31.2 Å². The van der Waals surface area contributed by atoms with Crippen LogP contribution in [0.1, 0.15) is 18.4 Å². The summed E-state index contributed by atoms with van der Waals surface area (Å²) in [5.74, 6) is -0.274. The Morgan fingerprint density at radius 2 is 1.92 bits per heavy atom. The molecule has 8 heteroatoms. The lowest BCUT2D eigenvalue weighted by atomic mass is 9.98. The Bertz CT molecular complexity index is 632. The van der Waals surface area contributed by atoms with E-state index >= 15 is 0 Å². The van der Waals surface area contributed by atoms with Gasteiger partial charge in [-0.1, -0.05) is 17.7 Å². The van der Waals surface area contributed by atoms with Crippen LogP contribution >= 0.6 is 0 Å². The van der Waals surface area contributed by atoms with Gasteiger partial charge >= 0.3 is 6.03 Å². The fourth-order valence-electron chi connectivity index (χ4n) is 2.87. The highest BCUT2D eigenvalue weighted by molar-refractivity contribution is 5.89. The quantitative estimate of drug-likeness (QED) is 0.588. The molecule has 1 aromatic rings. The van der Waals surface area contributed by atoms with Gasteiger partial charge in [-0.15, -0.1) is 0 Å². The van der Waals surface area contributed by atoms with Crippen LogP contribution in [0.15, 0.2) is 24.3 Å². The van der Waals surface area contributed by atoms with Crippen LogP contribution < -0.4 is 21.7 Å². The van der Waals surface area contributed by atoms with Crippen molar-refractivity contribution < 1.29 is 14.4 Å². The van der Waals surface area contributed by atoms with Crippen molar-refractivity contribution in [1.82, 2.24) is 15.5 Å². The summed E-state index contributed by atoms with van der Waals surface area (Å²) in [4.78, 5) is 37.0. The average molecular weight is 361 g/mol. The number of likely N-dealkylation sites (tertiary alicyclic amines) is 1. The second-order valence-corrected chi connectivity index (χ2v) is 6.53. The number of piperidine rings is 1. The predicted octanol–water partition coefficient (Wildman–Crippen LogP) is 0.430. The van der Waals surface area contributed by atoms with Gasteiger partial charge in [-0.2, -0.15) is 0 Å². The van der Waals surface area contributed by atoms with Crippen LogP contribution in [0.4, 0.5) is 10.5 Å². The molecule has 4 amide bonds. The molecule has 1 fully saturated rings. The van der Waals surface area contributed by atoms with Gasteiger partial charge in [0.05, 0.1) is 13.1 Å². The van der Waals surface area contributed by atoms with E-state index in [0.29, 0.717) is 19.6 Å². The number of anilines is 1. The second kappa shape index (κ2) is 9.76. The number of rotatable bonds is 6. The molecule has 1 atom stereocenters. The fourth-order valence-corrected chi connectivity index (χ4v) is 2.87. The number of carbonyl (C=O) groups excluding carboxylic acids is 3. The molecule has 26 heavy (non-hydrogen) atoms. The highest BCUT2D eigenvalue weighted by Gasteiger charge is 2.24. The highest BCUT2D eigenvalue weighted by Crippen LogP contribution is 2.16. The van der Waals surface area contributed by atoms with E-state index in [1.54, 1.807) is 4.90 Å². The van der Waals surface area contributed by atoms with Crippen molar-refractivity contribution in [3.05, 3.63) is 29.8 Å². The van der Waals surface area contributed by atoms with E-state index in [-0.39, 0.29) is 36.9 Å². The average Bonchev–Trinajstić information content (AvgIpc) is 2.66. The van der Waals surface area contributed by atoms with E-state index in [4.69, 9.17) is 5.73 Å². The third-order valence-electron chi connectivity index (χ3n) is 4.35. The molecule has 1 saturated heterocycles. The predicted molar refractivity (Wildman–Crippen MR) is 99.6 cm³/mol. The summed E-state index contributed by atoms with van der Waals surface area (Å²) in [5.41, 5.74) is 7.08. The smallest absolute Gasteiger partial charge is 0.319 e. The zero-order valence-electron chi connectivity index (χ0n) is 15.1. The molecular formula is C18H27N5O3. The Labute approximate surface area is 153 Å². The van der Waals surface area contributed by atoms with Gasteiger partial charge in [0.2, 0.25) is 11.8 Å². The number of benzene rings is 1. The number of amides is 4. The Hall–Kier alpha value is -2.61. The molecule has 0 aromatic heterocycles. The maximum absolute atomic E-state index is 12.1. The molecule has 0 saturated carbocycles.